The summed E-state index contributed by atoms with van der Waals surface area (Å²) in [4.78, 5) is 20.8. The van der Waals surface area contributed by atoms with Crippen molar-refractivity contribution >= 4 is 17.9 Å². The van der Waals surface area contributed by atoms with Crippen molar-refractivity contribution in [1.29, 1.82) is 0 Å². The monoisotopic (exact) mass is 268 g/mol. The minimum absolute atomic E-state index is 0.0561. The van der Waals surface area contributed by atoms with Crippen LogP contribution in [0.3, 0.4) is 0 Å². The van der Waals surface area contributed by atoms with Crippen LogP contribution in [0.2, 0.25) is 0 Å². The third-order valence-corrected chi connectivity index (χ3v) is 2.13. The average molecular weight is 268 g/mol. The van der Waals surface area contributed by atoms with Gasteiger partial charge in [-0.1, -0.05) is 0 Å². The maximum Gasteiger partial charge on any atom is 0.332 e. The van der Waals surface area contributed by atoms with Crippen molar-refractivity contribution in [2.45, 2.75) is 0 Å². The van der Waals surface area contributed by atoms with Gasteiger partial charge < -0.3 is 15.2 Å². The Hall–Kier alpha value is -2.84. The average Bonchev–Trinajstić information content (AvgIpc) is 2.37. The van der Waals surface area contributed by atoms with E-state index in [1.807, 2.05) is 5.43 Å². The molecule has 0 spiro atoms. The van der Waals surface area contributed by atoms with Crippen LogP contribution in [-0.2, 0) is 0 Å². The van der Waals surface area contributed by atoms with Gasteiger partial charge in [0, 0.05) is 6.07 Å². The molecule has 0 fully saturated rings. The van der Waals surface area contributed by atoms with Gasteiger partial charge in [-0.05, 0) is 6.07 Å². The van der Waals surface area contributed by atoms with E-state index in [1.54, 1.807) is 0 Å². The van der Waals surface area contributed by atoms with Gasteiger partial charge in [0.1, 0.15) is 5.56 Å². The summed E-state index contributed by atoms with van der Waals surface area (Å²) in [6, 6.07) is 1.75. The third-order valence-electron chi connectivity index (χ3n) is 2.13. The first-order valence-corrected chi connectivity index (χ1v) is 4.99. The van der Waals surface area contributed by atoms with Crippen molar-refractivity contribution in [1.82, 2.24) is 5.43 Å². The molecule has 0 aliphatic rings. The molecule has 19 heavy (non-hydrogen) atoms. The molecule has 2 amide bonds. The van der Waals surface area contributed by atoms with Crippen molar-refractivity contribution in [3.8, 4) is 11.5 Å². The van der Waals surface area contributed by atoms with E-state index in [2.05, 4.69) is 5.10 Å². The highest BCUT2D eigenvalue weighted by Crippen LogP contribution is 2.35. The number of nitrogens with one attached hydrogen (secondary N) is 1. The van der Waals surface area contributed by atoms with Crippen molar-refractivity contribution in [3.05, 3.63) is 27.8 Å². The number of benzene rings is 1. The zero-order valence-corrected chi connectivity index (χ0v) is 10.2. The number of hydrazone groups is 1. The third kappa shape index (κ3) is 3.31. The Morgan fingerprint density at radius 1 is 1.47 bits per heavy atom. The molecule has 0 aliphatic heterocycles. The van der Waals surface area contributed by atoms with Crippen LogP contribution < -0.4 is 20.6 Å². The summed E-state index contributed by atoms with van der Waals surface area (Å²) < 4.78 is 10.1. The van der Waals surface area contributed by atoms with E-state index in [-0.39, 0.29) is 17.0 Å². The highest BCUT2D eigenvalue weighted by atomic mass is 16.6. The molecule has 9 nitrogen and oxygen atoms in total. The molecule has 3 N–H and O–H groups in total. The van der Waals surface area contributed by atoms with E-state index < -0.39 is 11.0 Å². The fourth-order valence-electron chi connectivity index (χ4n) is 1.38. The molecule has 1 aromatic carbocycles. The Morgan fingerprint density at radius 2 is 2.16 bits per heavy atom. The number of primary amides is 1. The molecule has 102 valence electrons. The Bertz CT molecular complexity index is 529. The quantitative estimate of drug-likeness (QED) is 0.459. The number of ether oxygens (including phenoxy) is 2. The number of amides is 2. The summed E-state index contributed by atoms with van der Waals surface area (Å²) >= 11 is 0. The van der Waals surface area contributed by atoms with Crippen molar-refractivity contribution in [2.24, 2.45) is 10.8 Å². The van der Waals surface area contributed by atoms with E-state index in [1.165, 1.54) is 26.4 Å². The molecule has 0 unspecified atom stereocenters. The molecule has 0 saturated heterocycles. The van der Waals surface area contributed by atoms with Crippen LogP contribution in [0.5, 0.6) is 11.5 Å². The van der Waals surface area contributed by atoms with Crippen molar-refractivity contribution < 1.29 is 19.2 Å². The van der Waals surface area contributed by atoms with Gasteiger partial charge in [0.25, 0.3) is 5.69 Å². The molecule has 0 atom stereocenters. The Labute approximate surface area is 108 Å². The number of nitrogens with two attached hydrogens (primary N) is 1. The molecule has 9 heteroatoms. The lowest BCUT2D eigenvalue weighted by Crippen LogP contribution is -2.24. The molecular weight excluding hydrogens is 256 g/mol. The lowest BCUT2D eigenvalue weighted by molar-refractivity contribution is -0.385. The largest absolute Gasteiger partial charge is 0.493 e. The van der Waals surface area contributed by atoms with Gasteiger partial charge in [-0.25, -0.2) is 10.2 Å². The van der Waals surface area contributed by atoms with Gasteiger partial charge in [0.05, 0.1) is 25.4 Å². The molecule has 0 saturated carbocycles. The first-order chi connectivity index (χ1) is 9.01. The number of rotatable bonds is 5. The molecule has 0 bridgehead atoms. The second-order valence-corrected chi connectivity index (χ2v) is 3.23. The Kier molecular flexibility index (Phi) is 4.63. The van der Waals surface area contributed by atoms with E-state index in [9.17, 15) is 14.9 Å². The summed E-state index contributed by atoms with van der Waals surface area (Å²) in [7, 11) is 2.73. The Balaban J connectivity index is 3.32. The number of nitro benzene ring substituents is 1. The minimum Gasteiger partial charge on any atom is -0.493 e. The molecule has 1 aromatic rings. The lowest BCUT2D eigenvalue weighted by Gasteiger charge is -2.10. The predicted molar refractivity (Wildman–Crippen MR) is 66.5 cm³/mol. The van der Waals surface area contributed by atoms with Crippen LogP contribution in [-0.4, -0.2) is 31.4 Å². The second kappa shape index (κ2) is 6.19. The number of carbonyl (C=O) groups excluding carboxylic acids is 1. The van der Waals surface area contributed by atoms with Crippen LogP contribution in [0.25, 0.3) is 0 Å². The first kappa shape index (κ1) is 14.2. The van der Waals surface area contributed by atoms with Gasteiger partial charge in [0.15, 0.2) is 11.5 Å². The van der Waals surface area contributed by atoms with Crippen LogP contribution in [0.15, 0.2) is 17.2 Å². The number of hydrogen-bond donors (Lipinski definition) is 2. The maximum absolute atomic E-state index is 10.9. The van der Waals surface area contributed by atoms with Crippen LogP contribution in [0, 0.1) is 10.1 Å². The molecule has 0 aliphatic carbocycles. The highest BCUT2D eigenvalue weighted by molar-refractivity contribution is 5.91. The van der Waals surface area contributed by atoms with Gasteiger partial charge in [-0.2, -0.15) is 5.10 Å². The van der Waals surface area contributed by atoms with E-state index in [0.717, 1.165) is 6.21 Å². The molecule has 0 heterocycles. The van der Waals surface area contributed by atoms with E-state index in [0.29, 0.717) is 5.75 Å². The summed E-state index contributed by atoms with van der Waals surface area (Å²) in [5.74, 6) is 0.431. The number of urea groups is 1. The summed E-state index contributed by atoms with van der Waals surface area (Å²) in [6.07, 6.45) is 1.06. The number of nitrogens with zero attached hydrogens (tertiary/aromatic N) is 2. The van der Waals surface area contributed by atoms with Gasteiger partial charge >= 0.3 is 6.03 Å². The zero-order chi connectivity index (χ0) is 14.4. The standard InChI is InChI=1S/C10H12N4O5/c1-18-8-4-3-7(14(16)17)6(9(8)19-2)5-12-13-10(11)15/h3-5H,1-2H3,(H3,11,13,15). The summed E-state index contributed by atoms with van der Waals surface area (Å²) in [5, 5.41) is 14.4. The molecular formula is C10H12N4O5. The fraction of sp³-hybridized carbons (Fsp3) is 0.200. The van der Waals surface area contributed by atoms with Crippen LogP contribution in [0.4, 0.5) is 10.5 Å². The van der Waals surface area contributed by atoms with Gasteiger partial charge in [-0.3, -0.25) is 10.1 Å². The minimum atomic E-state index is -0.888. The van der Waals surface area contributed by atoms with Gasteiger partial charge in [-0.15, -0.1) is 0 Å². The number of methoxy groups -OCH3 is 2. The van der Waals surface area contributed by atoms with Crippen LogP contribution in [0.1, 0.15) is 5.56 Å². The molecule has 0 radical (unpaired) electrons. The maximum atomic E-state index is 10.9. The lowest BCUT2D eigenvalue weighted by atomic mass is 10.1. The molecule has 0 aromatic heterocycles. The van der Waals surface area contributed by atoms with E-state index in [4.69, 9.17) is 15.2 Å². The summed E-state index contributed by atoms with van der Waals surface area (Å²) in [5.41, 5.74) is 6.58. The van der Waals surface area contributed by atoms with E-state index >= 15 is 0 Å². The summed E-state index contributed by atoms with van der Waals surface area (Å²) in [6.45, 7) is 0. The Morgan fingerprint density at radius 3 is 2.63 bits per heavy atom. The first-order valence-electron chi connectivity index (χ1n) is 4.99. The number of hydrogen-bond acceptors (Lipinski definition) is 6. The smallest absolute Gasteiger partial charge is 0.332 e. The molecule has 1 rings (SSSR count). The number of nitro groups is 1. The van der Waals surface area contributed by atoms with Gasteiger partial charge in [0.2, 0.25) is 0 Å². The van der Waals surface area contributed by atoms with Crippen LogP contribution >= 0.6 is 0 Å². The number of carbonyl (C=O) groups is 1. The fourth-order valence-corrected chi connectivity index (χ4v) is 1.38. The topological polar surface area (TPSA) is 129 Å². The predicted octanol–water partition coefficient (Wildman–Crippen LogP) is 0.614. The SMILES string of the molecule is COc1ccc([N+](=O)[O-])c(C=NNC(N)=O)c1OC. The van der Waals surface area contributed by atoms with Crippen molar-refractivity contribution in [2.75, 3.05) is 14.2 Å². The normalized spacial score (nSPS) is 10.2. The van der Waals surface area contributed by atoms with Crippen molar-refractivity contribution in [3.63, 3.8) is 0 Å². The highest BCUT2D eigenvalue weighted by Gasteiger charge is 2.21. The second-order valence-electron chi connectivity index (χ2n) is 3.23. The zero-order valence-electron chi connectivity index (χ0n) is 10.2.